The Kier molecular flexibility index (Phi) is 2.57. The van der Waals surface area contributed by atoms with Crippen molar-refractivity contribution >= 4 is 11.6 Å². The lowest BCUT2D eigenvalue weighted by atomic mass is 10.0. The van der Waals surface area contributed by atoms with E-state index in [2.05, 4.69) is 22.4 Å². The van der Waals surface area contributed by atoms with Crippen molar-refractivity contribution in [1.82, 2.24) is 14.7 Å². The third-order valence-electron chi connectivity index (χ3n) is 4.09. The highest BCUT2D eigenvalue weighted by Crippen LogP contribution is 2.45. The topological polar surface area (TPSA) is 46.4 Å². The second-order valence-electron chi connectivity index (χ2n) is 5.48. The summed E-state index contributed by atoms with van der Waals surface area (Å²) in [6.45, 7) is 0. The number of amides is 1. The minimum Gasteiger partial charge on any atom is -0.342 e. The van der Waals surface area contributed by atoms with Crippen LogP contribution in [0.25, 0.3) is 5.65 Å². The van der Waals surface area contributed by atoms with Gasteiger partial charge in [0, 0.05) is 18.6 Å². The molecule has 0 bridgehead atoms. The second-order valence-corrected chi connectivity index (χ2v) is 5.48. The standard InChI is InChI=1S/C17H15N3O/c21-16(14-7-4-11-20-12-10-18-15(14)20)19-17(8-9-17)13-5-2-1-3-6-13/h1-7,10-12H,8-9H2,(H,19,21). The third-order valence-corrected chi connectivity index (χ3v) is 4.09. The van der Waals surface area contributed by atoms with Crippen molar-refractivity contribution in [2.24, 2.45) is 0 Å². The molecule has 1 aromatic carbocycles. The molecule has 0 spiro atoms. The van der Waals surface area contributed by atoms with Gasteiger partial charge in [-0.15, -0.1) is 0 Å². The highest BCUT2D eigenvalue weighted by atomic mass is 16.1. The van der Waals surface area contributed by atoms with Crippen LogP contribution in [0.2, 0.25) is 0 Å². The Bertz CT molecular complexity index is 803. The van der Waals surface area contributed by atoms with E-state index in [0.717, 1.165) is 12.8 Å². The summed E-state index contributed by atoms with van der Waals surface area (Å²) >= 11 is 0. The van der Waals surface area contributed by atoms with E-state index in [9.17, 15) is 4.79 Å². The summed E-state index contributed by atoms with van der Waals surface area (Å²) in [6, 6.07) is 13.8. The van der Waals surface area contributed by atoms with Gasteiger partial charge in [0.15, 0.2) is 0 Å². The molecule has 104 valence electrons. The maximum absolute atomic E-state index is 12.6. The van der Waals surface area contributed by atoms with Crippen molar-refractivity contribution < 1.29 is 4.79 Å². The number of rotatable bonds is 3. The van der Waals surface area contributed by atoms with Crippen LogP contribution in [0.4, 0.5) is 0 Å². The Morgan fingerprint density at radius 1 is 1.10 bits per heavy atom. The SMILES string of the molecule is O=C(NC1(c2ccccc2)CC1)c1cccn2ccnc12. The van der Waals surface area contributed by atoms with Gasteiger partial charge in [-0.2, -0.15) is 0 Å². The van der Waals surface area contributed by atoms with E-state index in [1.54, 1.807) is 6.20 Å². The zero-order valence-electron chi connectivity index (χ0n) is 11.5. The van der Waals surface area contributed by atoms with Crippen LogP contribution in [0.15, 0.2) is 61.1 Å². The molecular weight excluding hydrogens is 262 g/mol. The highest BCUT2D eigenvalue weighted by molar-refractivity contribution is 6.00. The summed E-state index contributed by atoms with van der Waals surface area (Å²) in [7, 11) is 0. The first kappa shape index (κ1) is 12.1. The van der Waals surface area contributed by atoms with Gasteiger partial charge in [-0.1, -0.05) is 30.3 Å². The lowest BCUT2D eigenvalue weighted by Gasteiger charge is -2.18. The first-order chi connectivity index (χ1) is 10.3. The lowest BCUT2D eigenvalue weighted by Crippen LogP contribution is -2.35. The molecule has 4 rings (SSSR count). The van der Waals surface area contributed by atoms with Crippen LogP contribution < -0.4 is 5.32 Å². The maximum Gasteiger partial charge on any atom is 0.255 e. The molecule has 4 heteroatoms. The smallest absolute Gasteiger partial charge is 0.255 e. The van der Waals surface area contributed by atoms with Gasteiger partial charge in [-0.3, -0.25) is 4.79 Å². The van der Waals surface area contributed by atoms with E-state index >= 15 is 0 Å². The molecule has 21 heavy (non-hydrogen) atoms. The molecule has 0 radical (unpaired) electrons. The molecule has 2 heterocycles. The summed E-state index contributed by atoms with van der Waals surface area (Å²) in [5.41, 5.74) is 2.29. The fourth-order valence-corrected chi connectivity index (χ4v) is 2.78. The van der Waals surface area contributed by atoms with Crippen LogP contribution in [-0.4, -0.2) is 15.3 Å². The highest BCUT2D eigenvalue weighted by Gasteiger charge is 2.45. The average molecular weight is 277 g/mol. The molecule has 0 saturated heterocycles. The first-order valence-corrected chi connectivity index (χ1v) is 7.08. The fourth-order valence-electron chi connectivity index (χ4n) is 2.78. The number of pyridine rings is 1. The van der Waals surface area contributed by atoms with Gasteiger partial charge in [0.2, 0.25) is 0 Å². The minimum atomic E-state index is -0.197. The van der Waals surface area contributed by atoms with Crippen molar-refractivity contribution in [1.29, 1.82) is 0 Å². The molecule has 3 aromatic rings. The average Bonchev–Trinajstić information content (AvgIpc) is 3.14. The van der Waals surface area contributed by atoms with E-state index in [0.29, 0.717) is 11.2 Å². The van der Waals surface area contributed by atoms with Crippen LogP contribution in [0.5, 0.6) is 0 Å². The van der Waals surface area contributed by atoms with Crippen molar-refractivity contribution in [3.05, 3.63) is 72.2 Å². The fraction of sp³-hybridized carbons (Fsp3) is 0.176. The minimum absolute atomic E-state index is 0.0619. The molecule has 1 saturated carbocycles. The van der Waals surface area contributed by atoms with Gasteiger partial charge in [0.25, 0.3) is 5.91 Å². The largest absolute Gasteiger partial charge is 0.342 e. The molecule has 1 aliphatic carbocycles. The van der Waals surface area contributed by atoms with Gasteiger partial charge in [-0.25, -0.2) is 4.98 Å². The zero-order chi connectivity index (χ0) is 14.3. The van der Waals surface area contributed by atoms with Crippen LogP contribution >= 0.6 is 0 Å². The second kappa shape index (κ2) is 4.45. The molecule has 0 aliphatic heterocycles. The number of hydrogen-bond acceptors (Lipinski definition) is 2. The quantitative estimate of drug-likeness (QED) is 0.800. The van der Waals surface area contributed by atoms with E-state index < -0.39 is 0 Å². The summed E-state index contributed by atoms with van der Waals surface area (Å²) in [4.78, 5) is 16.9. The molecule has 1 amide bonds. The van der Waals surface area contributed by atoms with Crippen molar-refractivity contribution in [2.75, 3.05) is 0 Å². The van der Waals surface area contributed by atoms with Crippen LogP contribution in [0.1, 0.15) is 28.8 Å². The maximum atomic E-state index is 12.6. The predicted octanol–water partition coefficient (Wildman–Crippen LogP) is 2.75. The molecule has 0 atom stereocenters. The Balaban J connectivity index is 1.66. The van der Waals surface area contributed by atoms with Gasteiger partial charge in [0.1, 0.15) is 5.65 Å². The number of fused-ring (bicyclic) bond motifs is 1. The number of hydrogen-bond donors (Lipinski definition) is 1. The summed E-state index contributed by atoms with van der Waals surface area (Å²) in [6.07, 6.45) is 7.41. The van der Waals surface area contributed by atoms with Crippen molar-refractivity contribution in [2.45, 2.75) is 18.4 Å². The van der Waals surface area contributed by atoms with Crippen molar-refractivity contribution in [3.8, 4) is 0 Å². The Labute approximate surface area is 122 Å². The van der Waals surface area contributed by atoms with Gasteiger partial charge in [-0.05, 0) is 30.5 Å². The lowest BCUT2D eigenvalue weighted by molar-refractivity contribution is 0.0932. The number of benzene rings is 1. The summed E-state index contributed by atoms with van der Waals surface area (Å²) in [5, 5.41) is 3.19. The van der Waals surface area contributed by atoms with Crippen LogP contribution in [0.3, 0.4) is 0 Å². The number of carbonyl (C=O) groups is 1. The first-order valence-electron chi connectivity index (χ1n) is 7.08. The number of carbonyl (C=O) groups excluding carboxylic acids is 1. The molecular formula is C17H15N3O. The molecule has 1 fully saturated rings. The van der Waals surface area contributed by atoms with E-state index in [4.69, 9.17) is 0 Å². The number of aromatic nitrogens is 2. The Hall–Kier alpha value is -2.62. The zero-order valence-corrected chi connectivity index (χ0v) is 11.5. The summed E-state index contributed by atoms with van der Waals surface area (Å²) < 4.78 is 1.86. The van der Waals surface area contributed by atoms with Gasteiger partial charge < -0.3 is 9.72 Å². The Morgan fingerprint density at radius 2 is 1.90 bits per heavy atom. The Morgan fingerprint density at radius 3 is 2.67 bits per heavy atom. The number of imidazole rings is 1. The van der Waals surface area contributed by atoms with Gasteiger partial charge >= 0.3 is 0 Å². The van der Waals surface area contributed by atoms with Gasteiger partial charge in [0.05, 0.1) is 11.1 Å². The van der Waals surface area contributed by atoms with E-state index in [-0.39, 0.29) is 11.4 Å². The summed E-state index contributed by atoms with van der Waals surface area (Å²) in [5.74, 6) is -0.0619. The van der Waals surface area contributed by atoms with E-state index in [1.807, 2.05) is 47.1 Å². The monoisotopic (exact) mass is 277 g/mol. The molecule has 1 aliphatic rings. The number of nitrogens with one attached hydrogen (secondary N) is 1. The third kappa shape index (κ3) is 2.00. The normalized spacial score (nSPS) is 15.8. The number of nitrogens with zero attached hydrogens (tertiary/aromatic N) is 2. The molecule has 0 unspecified atom stereocenters. The molecule has 1 N–H and O–H groups in total. The van der Waals surface area contributed by atoms with Crippen LogP contribution in [0, 0.1) is 0 Å². The molecule has 2 aromatic heterocycles. The van der Waals surface area contributed by atoms with E-state index in [1.165, 1.54) is 5.56 Å². The predicted molar refractivity (Wildman–Crippen MR) is 80.0 cm³/mol. The molecule has 4 nitrogen and oxygen atoms in total. The van der Waals surface area contributed by atoms with Crippen molar-refractivity contribution in [3.63, 3.8) is 0 Å². The van der Waals surface area contributed by atoms with Crippen LogP contribution in [-0.2, 0) is 5.54 Å².